The van der Waals surface area contributed by atoms with Crippen molar-refractivity contribution in [2.75, 3.05) is 0 Å². The van der Waals surface area contributed by atoms with E-state index in [1.54, 1.807) is 6.20 Å². The smallest absolute Gasteiger partial charge is 0.119 e. The lowest BCUT2D eigenvalue weighted by molar-refractivity contribution is 0.173. The number of nitrogens with zero attached hydrogens (tertiary/aromatic N) is 1. The molecule has 0 spiro atoms. The molecule has 18 heavy (non-hydrogen) atoms. The second-order valence-corrected chi connectivity index (χ2v) is 5.35. The maximum absolute atomic E-state index is 9.71. The van der Waals surface area contributed by atoms with Crippen LogP contribution in [0, 0.1) is 0 Å². The summed E-state index contributed by atoms with van der Waals surface area (Å²) in [5.41, 5.74) is 0.939. The van der Waals surface area contributed by atoms with E-state index >= 15 is 0 Å². The molecule has 1 N–H and O–H groups in total. The highest BCUT2D eigenvalue weighted by molar-refractivity contribution is 7.99. The van der Waals surface area contributed by atoms with E-state index in [-0.39, 0.29) is 6.10 Å². The van der Waals surface area contributed by atoms with Crippen molar-refractivity contribution in [1.82, 2.24) is 4.98 Å². The highest BCUT2D eigenvalue weighted by Gasteiger charge is 2.06. The Bertz CT molecular complexity index is 515. The van der Waals surface area contributed by atoms with E-state index in [0.717, 1.165) is 21.9 Å². The first-order valence-electron chi connectivity index (χ1n) is 5.77. The van der Waals surface area contributed by atoms with Crippen molar-refractivity contribution in [3.63, 3.8) is 0 Å². The molecule has 0 unspecified atom stereocenters. The Labute approximate surface area is 116 Å². The van der Waals surface area contributed by atoms with Crippen LogP contribution in [0.1, 0.15) is 25.0 Å². The largest absolute Gasteiger partial charge is 0.388 e. The molecule has 0 amide bonds. The normalized spacial score (nSPS) is 12.4. The lowest BCUT2D eigenvalue weighted by Crippen LogP contribution is -1.94. The van der Waals surface area contributed by atoms with Gasteiger partial charge < -0.3 is 5.11 Å². The van der Waals surface area contributed by atoms with Gasteiger partial charge in [0.05, 0.1) is 11.1 Å². The molecule has 1 heterocycles. The summed E-state index contributed by atoms with van der Waals surface area (Å²) in [6.45, 7) is 1.96. The fourth-order valence-corrected chi connectivity index (χ4v) is 2.56. The minimum absolute atomic E-state index is 0.387. The zero-order valence-electron chi connectivity index (χ0n) is 10.0. The van der Waals surface area contributed by atoms with Crippen LogP contribution in [0.2, 0.25) is 5.02 Å². The Morgan fingerprint density at radius 3 is 2.61 bits per heavy atom. The molecule has 4 heteroatoms. The molecule has 2 aromatic rings. The average Bonchev–Trinajstić information content (AvgIpc) is 2.41. The van der Waals surface area contributed by atoms with Gasteiger partial charge in [0.2, 0.25) is 0 Å². The van der Waals surface area contributed by atoms with Crippen molar-refractivity contribution in [3.05, 3.63) is 53.2 Å². The van der Waals surface area contributed by atoms with Crippen LogP contribution in [-0.4, -0.2) is 10.1 Å². The number of pyridine rings is 1. The van der Waals surface area contributed by atoms with Gasteiger partial charge in [0, 0.05) is 11.1 Å². The first kappa shape index (κ1) is 13.4. The summed E-state index contributed by atoms with van der Waals surface area (Å²) in [5, 5.41) is 11.2. The number of aliphatic hydroxyl groups is 1. The van der Waals surface area contributed by atoms with Crippen molar-refractivity contribution in [2.24, 2.45) is 0 Å². The number of aromatic nitrogens is 1. The van der Waals surface area contributed by atoms with E-state index < -0.39 is 0 Å². The summed E-state index contributed by atoms with van der Waals surface area (Å²) in [5.74, 6) is 0. The second kappa shape index (κ2) is 6.23. The minimum atomic E-state index is -0.387. The molecule has 0 radical (unpaired) electrons. The Morgan fingerprint density at radius 2 is 2.00 bits per heavy atom. The summed E-state index contributed by atoms with van der Waals surface area (Å²) in [6, 6.07) is 11.5. The van der Waals surface area contributed by atoms with E-state index in [0.29, 0.717) is 5.02 Å². The number of hydrogen-bond acceptors (Lipinski definition) is 3. The Balaban J connectivity index is 2.14. The Morgan fingerprint density at radius 1 is 1.28 bits per heavy atom. The lowest BCUT2D eigenvalue weighted by Gasteiger charge is -2.08. The van der Waals surface area contributed by atoms with E-state index in [4.69, 9.17) is 11.6 Å². The van der Waals surface area contributed by atoms with Gasteiger partial charge in [-0.3, -0.25) is 0 Å². The molecule has 0 aliphatic carbocycles. The molecule has 0 aliphatic heterocycles. The molecule has 1 aromatic heterocycles. The van der Waals surface area contributed by atoms with Crippen LogP contribution in [0.3, 0.4) is 0 Å². The van der Waals surface area contributed by atoms with E-state index in [1.165, 1.54) is 11.8 Å². The molecule has 0 bridgehead atoms. The lowest BCUT2D eigenvalue weighted by atomic mass is 10.1. The average molecular weight is 280 g/mol. The van der Waals surface area contributed by atoms with Crippen LogP contribution in [0.4, 0.5) is 0 Å². The Hall–Kier alpha value is -1.03. The third kappa shape index (κ3) is 3.25. The molecule has 2 rings (SSSR count). The maximum atomic E-state index is 9.71. The minimum Gasteiger partial charge on any atom is -0.388 e. The van der Waals surface area contributed by atoms with Crippen LogP contribution in [0.25, 0.3) is 0 Å². The van der Waals surface area contributed by atoms with Crippen LogP contribution < -0.4 is 0 Å². The summed E-state index contributed by atoms with van der Waals surface area (Å²) in [7, 11) is 0. The second-order valence-electron chi connectivity index (χ2n) is 3.89. The molecule has 0 saturated heterocycles. The van der Waals surface area contributed by atoms with Crippen molar-refractivity contribution < 1.29 is 5.11 Å². The molecular formula is C14H14ClNOS. The Kier molecular flexibility index (Phi) is 4.64. The standard InChI is InChI=1S/C14H14ClNOS/c1-2-13(17)10-5-7-11(8-6-10)18-14-12(15)4-3-9-16-14/h3-9,13,17H,2H2,1H3/t13-/m0/s1. The predicted molar refractivity (Wildman–Crippen MR) is 75.1 cm³/mol. The van der Waals surface area contributed by atoms with Crippen molar-refractivity contribution in [3.8, 4) is 0 Å². The van der Waals surface area contributed by atoms with Gasteiger partial charge in [-0.2, -0.15) is 0 Å². The van der Waals surface area contributed by atoms with Crippen LogP contribution in [0.5, 0.6) is 0 Å². The highest BCUT2D eigenvalue weighted by atomic mass is 35.5. The van der Waals surface area contributed by atoms with Gasteiger partial charge in [-0.1, -0.05) is 42.4 Å². The third-order valence-corrected chi connectivity index (χ3v) is 4.03. The van der Waals surface area contributed by atoms with Gasteiger partial charge >= 0.3 is 0 Å². The molecular weight excluding hydrogens is 266 g/mol. The van der Waals surface area contributed by atoms with Crippen LogP contribution >= 0.6 is 23.4 Å². The quantitative estimate of drug-likeness (QED) is 0.904. The van der Waals surface area contributed by atoms with E-state index in [1.807, 2.05) is 43.3 Å². The van der Waals surface area contributed by atoms with Gasteiger partial charge in [0.25, 0.3) is 0 Å². The molecule has 0 aliphatic rings. The highest BCUT2D eigenvalue weighted by Crippen LogP contribution is 2.31. The van der Waals surface area contributed by atoms with Gasteiger partial charge in [0.1, 0.15) is 5.03 Å². The molecule has 0 saturated carbocycles. The molecule has 0 fully saturated rings. The summed E-state index contributed by atoms with van der Waals surface area (Å²) < 4.78 is 0. The molecule has 94 valence electrons. The summed E-state index contributed by atoms with van der Waals surface area (Å²) in [6.07, 6.45) is 2.06. The number of hydrogen-bond donors (Lipinski definition) is 1. The van der Waals surface area contributed by atoms with Crippen LogP contribution in [-0.2, 0) is 0 Å². The van der Waals surface area contributed by atoms with Crippen molar-refractivity contribution in [1.29, 1.82) is 0 Å². The number of benzene rings is 1. The summed E-state index contributed by atoms with van der Waals surface area (Å²) in [4.78, 5) is 5.29. The first-order valence-corrected chi connectivity index (χ1v) is 6.96. The van der Waals surface area contributed by atoms with E-state index in [2.05, 4.69) is 4.98 Å². The van der Waals surface area contributed by atoms with Crippen molar-refractivity contribution >= 4 is 23.4 Å². The zero-order chi connectivity index (χ0) is 13.0. The van der Waals surface area contributed by atoms with Gasteiger partial charge in [-0.15, -0.1) is 0 Å². The van der Waals surface area contributed by atoms with Gasteiger partial charge in [-0.05, 0) is 36.2 Å². The summed E-state index contributed by atoms with van der Waals surface area (Å²) >= 11 is 7.57. The van der Waals surface area contributed by atoms with Gasteiger partial charge in [-0.25, -0.2) is 4.98 Å². The topological polar surface area (TPSA) is 33.1 Å². The predicted octanol–water partition coefficient (Wildman–Crippen LogP) is 4.33. The number of aliphatic hydroxyl groups excluding tert-OH is 1. The first-order chi connectivity index (χ1) is 8.70. The maximum Gasteiger partial charge on any atom is 0.119 e. The molecule has 1 aromatic carbocycles. The third-order valence-electron chi connectivity index (χ3n) is 2.59. The van der Waals surface area contributed by atoms with Crippen LogP contribution in [0.15, 0.2) is 52.5 Å². The number of halogens is 1. The number of rotatable bonds is 4. The molecule has 2 nitrogen and oxygen atoms in total. The molecule has 1 atom stereocenters. The van der Waals surface area contributed by atoms with Crippen molar-refractivity contribution in [2.45, 2.75) is 29.4 Å². The van der Waals surface area contributed by atoms with Gasteiger partial charge in [0.15, 0.2) is 0 Å². The SMILES string of the molecule is CC[C@H](O)c1ccc(Sc2ncccc2Cl)cc1. The fourth-order valence-electron chi connectivity index (χ4n) is 1.55. The zero-order valence-corrected chi connectivity index (χ0v) is 11.6. The fraction of sp³-hybridized carbons (Fsp3) is 0.214. The van der Waals surface area contributed by atoms with E-state index in [9.17, 15) is 5.11 Å². The monoisotopic (exact) mass is 279 g/mol.